The van der Waals surface area contributed by atoms with Gasteiger partial charge in [-0.3, -0.25) is 4.98 Å². The number of hydrogen-bond acceptors (Lipinski definition) is 2. The lowest BCUT2D eigenvalue weighted by molar-refractivity contribution is 0.195. The molecule has 0 saturated carbocycles. The Balaban J connectivity index is 2.51. The van der Waals surface area contributed by atoms with E-state index in [1.807, 2.05) is 0 Å². The summed E-state index contributed by atoms with van der Waals surface area (Å²) in [7, 11) is 1.76. The fourth-order valence-corrected chi connectivity index (χ4v) is 2.97. The summed E-state index contributed by atoms with van der Waals surface area (Å²) >= 11 is 0. The van der Waals surface area contributed by atoms with Gasteiger partial charge in [-0.05, 0) is 56.7 Å². The van der Waals surface area contributed by atoms with Crippen LogP contribution in [0.3, 0.4) is 0 Å². The van der Waals surface area contributed by atoms with Crippen LogP contribution in [0.2, 0.25) is 0 Å². The molecule has 130 valence electrons. The molecule has 0 atom stereocenters. The molecule has 0 aliphatic rings. The second-order valence-electron chi connectivity index (χ2n) is 6.50. The van der Waals surface area contributed by atoms with Crippen LogP contribution in [0.15, 0.2) is 12.1 Å². The number of rotatable bonds is 12. The number of aromatic nitrogens is 1. The maximum atomic E-state index is 5.17. The van der Waals surface area contributed by atoms with Gasteiger partial charge in [0.05, 0.1) is 0 Å². The van der Waals surface area contributed by atoms with Crippen LogP contribution in [-0.2, 0) is 11.2 Å². The predicted molar refractivity (Wildman–Crippen MR) is 101 cm³/mol. The molecule has 0 aromatic carbocycles. The minimum Gasteiger partial charge on any atom is -0.385 e. The molecule has 0 spiro atoms. The highest BCUT2D eigenvalue weighted by Gasteiger charge is 2.06. The fraction of sp³-hybridized carbons (Fsp3) is 0.667. The van der Waals surface area contributed by atoms with E-state index in [-0.39, 0.29) is 0 Å². The van der Waals surface area contributed by atoms with Crippen molar-refractivity contribution < 1.29 is 4.74 Å². The van der Waals surface area contributed by atoms with Crippen LogP contribution in [0, 0.1) is 13.8 Å². The quantitative estimate of drug-likeness (QED) is 0.438. The molecule has 0 radical (unpaired) electrons. The summed E-state index contributed by atoms with van der Waals surface area (Å²) < 4.78 is 5.17. The molecule has 0 aliphatic heterocycles. The number of hydrogen-bond donors (Lipinski definition) is 0. The molecule has 0 N–H and O–H groups in total. The van der Waals surface area contributed by atoms with E-state index in [4.69, 9.17) is 9.72 Å². The molecule has 23 heavy (non-hydrogen) atoms. The number of methoxy groups -OCH3 is 1. The normalized spacial score (nSPS) is 11.5. The predicted octanol–water partition coefficient (Wildman–Crippen LogP) is 6.04. The minimum absolute atomic E-state index is 0.801. The molecule has 1 heterocycles. The zero-order chi connectivity index (χ0) is 16.9. The molecule has 0 bridgehead atoms. The van der Waals surface area contributed by atoms with Crippen molar-refractivity contribution in [2.75, 3.05) is 13.7 Å². The zero-order valence-corrected chi connectivity index (χ0v) is 15.7. The van der Waals surface area contributed by atoms with Gasteiger partial charge in [0.15, 0.2) is 0 Å². The van der Waals surface area contributed by atoms with Crippen molar-refractivity contribution in [3.05, 3.63) is 34.7 Å². The maximum absolute atomic E-state index is 5.17. The van der Waals surface area contributed by atoms with Gasteiger partial charge in [-0.25, -0.2) is 0 Å². The van der Waals surface area contributed by atoms with E-state index < -0.39 is 0 Å². The minimum atomic E-state index is 0.801. The Morgan fingerprint density at radius 3 is 2.52 bits per heavy atom. The van der Waals surface area contributed by atoms with E-state index in [0.717, 1.165) is 25.1 Å². The summed E-state index contributed by atoms with van der Waals surface area (Å²) in [4.78, 5) is 4.75. The van der Waals surface area contributed by atoms with Gasteiger partial charge in [0.25, 0.3) is 0 Å². The van der Waals surface area contributed by atoms with E-state index in [0.29, 0.717) is 0 Å². The number of ether oxygens (including phenoxy) is 1. The number of nitrogens with zero attached hydrogens (tertiary/aromatic N) is 1. The van der Waals surface area contributed by atoms with Crippen molar-refractivity contribution in [3.63, 3.8) is 0 Å². The number of pyridine rings is 1. The molecule has 1 aromatic heterocycles. The number of aryl methyl sites for hydroxylation is 3. The first kappa shape index (κ1) is 19.9. The Labute approximate surface area is 143 Å². The third kappa shape index (κ3) is 8.31. The van der Waals surface area contributed by atoms with E-state index in [1.54, 1.807) is 7.11 Å². The lowest BCUT2D eigenvalue weighted by Gasteiger charge is -2.10. The summed E-state index contributed by atoms with van der Waals surface area (Å²) in [6, 6.07) is 2.18. The SMILES string of the molecule is CCCCCCCC/C=C/c1c(C)cc(C)nc1CCCOC. The third-order valence-electron chi connectivity index (χ3n) is 4.24. The largest absolute Gasteiger partial charge is 0.385 e. The van der Waals surface area contributed by atoms with Crippen LogP contribution >= 0.6 is 0 Å². The van der Waals surface area contributed by atoms with Crippen LogP contribution in [0.4, 0.5) is 0 Å². The van der Waals surface area contributed by atoms with Gasteiger partial charge >= 0.3 is 0 Å². The molecular formula is C21H35NO. The molecule has 2 nitrogen and oxygen atoms in total. The van der Waals surface area contributed by atoms with Crippen LogP contribution in [0.5, 0.6) is 0 Å². The first-order chi connectivity index (χ1) is 11.2. The Bertz CT molecular complexity index is 465. The van der Waals surface area contributed by atoms with Crippen LogP contribution in [0.25, 0.3) is 6.08 Å². The molecule has 1 aromatic rings. The van der Waals surface area contributed by atoms with E-state index >= 15 is 0 Å². The molecular weight excluding hydrogens is 282 g/mol. The van der Waals surface area contributed by atoms with E-state index in [2.05, 4.69) is 39.0 Å². The standard InChI is InChI=1S/C21H35NO/c1-5-6-7-8-9-10-11-12-14-20-18(2)17-19(3)22-21(20)15-13-16-23-4/h12,14,17H,5-11,13,15-16H2,1-4H3/b14-12+. The van der Waals surface area contributed by atoms with Crippen molar-refractivity contribution >= 4 is 6.08 Å². The highest BCUT2D eigenvalue weighted by molar-refractivity contribution is 5.56. The average Bonchev–Trinajstić information content (AvgIpc) is 2.52. The molecule has 0 unspecified atom stereocenters. The number of unbranched alkanes of at least 4 members (excludes halogenated alkanes) is 6. The highest BCUT2D eigenvalue weighted by atomic mass is 16.5. The molecule has 0 amide bonds. The van der Waals surface area contributed by atoms with Crippen LogP contribution < -0.4 is 0 Å². The lowest BCUT2D eigenvalue weighted by atomic mass is 10.0. The van der Waals surface area contributed by atoms with Crippen molar-refractivity contribution in [1.29, 1.82) is 0 Å². The van der Waals surface area contributed by atoms with Gasteiger partial charge in [-0.2, -0.15) is 0 Å². The summed E-state index contributed by atoms with van der Waals surface area (Å²) in [6.07, 6.45) is 16.0. The van der Waals surface area contributed by atoms with E-state index in [1.165, 1.54) is 61.8 Å². The second kappa shape index (κ2) is 12.3. The van der Waals surface area contributed by atoms with Crippen molar-refractivity contribution in [3.8, 4) is 0 Å². The smallest absolute Gasteiger partial charge is 0.0482 e. The first-order valence-corrected chi connectivity index (χ1v) is 9.31. The first-order valence-electron chi connectivity index (χ1n) is 9.31. The zero-order valence-electron chi connectivity index (χ0n) is 15.7. The number of allylic oxidation sites excluding steroid dienone is 1. The lowest BCUT2D eigenvalue weighted by Crippen LogP contribution is -2.01. The van der Waals surface area contributed by atoms with Gasteiger partial charge < -0.3 is 4.74 Å². The Morgan fingerprint density at radius 2 is 1.78 bits per heavy atom. The summed E-state index contributed by atoms with van der Waals surface area (Å²) in [5, 5.41) is 0. The fourth-order valence-electron chi connectivity index (χ4n) is 2.97. The Kier molecular flexibility index (Phi) is 10.6. The average molecular weight is 318 g/mol. The van der Waals surface area contributed by atoms with Crippen molar-refractivity contribution in [2.45, 2.75) is 78.6 Å². The van der Waals surface area contributed by atoms with Gasteiger partial charge in [0.1, 0.15) is 0 Å². The topological polar surface area (TPSA) is 22.1 Å². The monoisotopic (exact) mass is 317 g/mol. The molecule has 0 saturated heterocycles. The third-order valence-corrected chi connectivity index (χ3v) is 4.24. The Hall–Kier alpha value is -1.15. The summed E-state index contributed by atoms with van der Waals surface area (Å²) in [5.74, 6) is 0. The summed E-state index contributed by atoms with van der Waals surface area (Å²) in [6.45, 7) is 7.34. The summed E-state index contributed by atoms with van der Waals surface area (Å²) in [5.41, 5.74) is 4.99. The van der Waals surface area contributed by atoms with Crippen LogP contribution in [-0.4, -0.2) is 18.7 Å². The second-order valence-corrected chi connectivity index (χ2v) is 6.50. The molecule has 0 aliphatic carbocycles. The van der Waals surface area contributed by atoms with Gasteiger partial charge in [-0.15, -0.1) is 0 Å². The van der Waals surface area contributed by atoms with Gasteiger partial charge in [0.2, 0.25) is 0 Å². The van der Waals surface area contributed by atoms with Gasteiger partial charge in [-0.1, -0.05) is 51.2 Å². The van der Waals surface area contributed by atoms with E-state index in [9.17, 15) is 0 Å². The molecule has 2 heteroatoms. The van der Waals surface area contributed by atoms with Crippen molar-refractivity contribution in [2.24, 2.45) is 0 Å². The highest BCUT2D eigenvalue weighted by Crippen LogP contribution is 2.18. The maximum Gasteiger partial charge on any atom is 0.0482 e. The molecule has 1 rings (SSSR count). The van der Waals surface area contributed by atoms with Crippen molar-refractivity contribution in [1.82, 2.24) is 4.98 Å². The van der Waals surface area contributed by atoms with Gasteiger partial charge in [0, 0.05) is 25.1 Å². The Morgan fingerprint density at radius 1 is 1.04 bits per heavy atom. The molecule has 0 fully saturated rings. The van der Waals surface area contributed by atoms with Crippen LogP contribution in [0.1, 0.15) is 80.8 Å².